The lowest BCUT2D eigenvalue weighted by molar-refractivity contribution is -0.116. The normalized spacial score (nSPS) is 19.7. The number of aromatic nitrogens is 3. The van der Waals surface area contributed by atoms with E-state index in [-0.39, 0.29) is 11.8 Å². The molecule has 2 atom stereocenters. The van der Waals surface area contributed by atoms with Gasteiger partial charge in [-0.05, 0) is 36.3 Å². The topological polar surface area (TPSA) is 80.1 Å². The van der Waals surface area contributed by atoms with Crippen molar-refractivity contribution < 1.29 is 9.59 Å². The van der Waals surface area contributed by atoms with Crippen LogP contribution in [0.25, 0.3) is 5.82 Å². The predicted molar refractivity (Wildman–Crippen MR) is 108 cm³/mol. The molecule has 0 radical (unpaired) electrons. The number of imidazole rings is 1. The zero-order valence-electron chi connectivity index (χ0n) is 17.1. The highest BCUT2D eigenvalue weighted by Gasteiger charge is 2.27. The number of carbonyl (C=O) groups is 2. The van der Waals surface area contributed by atoms with Crippen LogP contribution >= 0.6 is 0 Å². The third kappa shape index (κ3) is 4.97. The largest absolute Gasteiger partial charge is 0.337 e. The number of rotatable bonds is 5. The maximum absolute atomic E-state index is 12.8. The van der Waals surface area contributed by atoms with Gasteiger partial charge in [-0.1, -0.05) is 27.7 Å². The fraction of sp³-hybridized carbons (Fsp3) is 0.524. The molecule has 7 heteroatoms. The Morgan fingerprint density at radius 2 is 1.89 bits per heavy atom. The number of amides is 2. The van der Waals surface area contributed by atoms with E-state index in [0.717, 1.165) is 19.5 Å². The van der Waals surface area contributed by atoms with E-state index in [9.17, 15) is 9.59 Å². The Labute approximate surface area is 166 Å². The van der Waals surface area contributed by atoms with E-state index in [1.54, 1.807) is 35.4 Å². The number of pyridine rings is 1. The molecule has 0 bridgehead atoms. The van der Waals surface area contributed by atoms with Crippen molar-refractivity contribution in [3.63, 3.8) is 0 Å². The SMILES string of the molecule is CC(C)CC(=O)Nc1ccc(-n2cnc(C(=O)N3C[C@H](C)C[C@H](C)C3)c2)nc1. The number of likely N-dealkylation sites (tertiary alicyclic amines) is 1. The molecule has 3 heterocycles. The highest BCUT2D eigenvalue weighted by molar-refractivity contribution is 5.92. The van der Waals surface area contributed by atoms with Gasteiger partial charge in [0.2, 0.25) is 5.91 Å². The van der Waals surface area contributed by atoms with E-state index in [4.69, 9.17) is 0 Å². The molecular weight excluding hydrogens is 354 g/mol. The summed E-state index contributed by atoms with van der Waals surface area (Å²) < 4.78 is 1.73. The molecule has 1 saturated heterocycles. The van der Waals surface area contributed by atoms with Gasteiger partial charge in [0.25, 0.3) is 5.91 Å². The zero-order chi connectivity index (χ0) is 20.3. The van der Waals surface area contributed by atoms with Crippen LogP contribution in [0.1, 0.15) is 51.0 Å². The van der Waals surface area contributed by atoms with E-state index < -0.39 is 0 Å². The minimum atomic E-state index is -0.0327. The molecule has 0 aliphatic carbocycles. The van der Waals surface area contributed by atoms with Gasteiger partial charge in [0.05, 0.1) is 11.9 Å². The second-order valence-electron chi connectivity index (χ2n) is 8.37. The summed E-state index contributed by atoms with van der Waals surface area (Å²) in [4.78, 5) is 35.2. The van der Waals surface area contributed by atoms with Crippen molar-refractivity contribution >= 4 is 17.5 Å². The summed E-state index contributed by atoms with van der Waals surface area (Å²) in [7, 11) is 0. The molecule has 0 saturated carbocycles. The fourth-order valence-corrected chi connectivity index (χ4v) is 3.74. The molecule has 3 rings (SSSR count). The lowest BCUT2D eigenvalue weighted by Crippen LogP contribution is -2.42. The summed E-state index contributed by atoms with van der Waals surface area (Å²) in [5.41, 5.74) is 1.08. The molecule has 0 spiro atoms. The molecule has 150 valence electrons. The summed E-state index contributed by atoms with van der Waals surface area (Å²) >= 11 is 0. The lowest BCUT2D eigenvalue weighted by Gasteiger charge is -2.34. The van der Waals surface area contributed by atoms with Crippen molar-refractivity contribution in [1.29, 1.82) is 0 Å². The average Bonchev–Trinajstić information content (AvgIpc) is 3.10. The fourth-order valence-electron chi connectivity index (χ4n) is 3.74. The Kier molecular flexibility index (Phi) is 6.11. The van der Waals surface area contributed by atoms with Crippen molar-refractivity contribution in [1.82, 2.24) is 19.4 Å². The molecule has 0 unspecified atom stereocenters. The van der Waals surface area contributed by atoms with Gasteiger partial charge in [0, 0.05) is 25.7 Å². The quantitative estimate of drug-likeness (QED) is 0.858. The summed E-state index contributed by atoms with van der Waals surface area (Å²) in [5.74, 6) is 1.92. The van der Waals surface area contributed by atoms with Gasteiger partial charge < -0.3 is 10.2 Å². The highest BCUT2D eigenvalue weighted by Crippen LogP contribution is 2.22. The lowest BCUT2D eigenvalue weighted by atomic mass is 9.92. The summed E-state index contributed by atoms with van der Waals surface area (Å²) in [6.07, 6.45) is 6.56. The molecule has 2 amide bonds. The van der Waals surface area contributed by atoms with E-state index in [1.807, 2.05) is 18.7 Å². The molecular formula is C21H29N5O2. The van der Waals surface area contributed by atoms with E-state index in [2.05, 4.69) is 29.1 Å². The predicted octanol–water partition coefficient (Wildman–Crippen LogP) is 3.37. The van der Waals surface area contributed by atoms with Crippen LogP contribution in [0, 0.1) is 17.8 Å². The van der Waals surface area contributed by atoms with Gasteiger partial charge in [-0.25, -0.2) is 9.97 Å². The van der Waals surface area contributed by atoms with E-state index in [1.165, 1.54) is 0 Å². The third-order valence-electron chi connectivity index (χ3n) is 4.85. The Bertz CT molecular complexity index is 818. The number of hydrogen-bond donors (Lipinski definition) is 1. The monoisotopic (exact) mass is 383 g/mol. The standard InChI is InChI=1S/C21H29N5O2/c1-14(2)7-20(27)24-17-5-6-19(22-9-17)26-12-18(23-13-26)21(28)25-10-15(3)8-16(4)11-25/h5-6,9,12-16H,7-8,10-11H2,1-4H3,(H,24,27)/t15-,16+. The summed E-state index contributed by atoms with van der Waals surface area (Å²) in [5, 5.41) is 2.84. The van der Waals surface area contributed by atoms with Gasteiger partial charge in [-0.15, -0.1) is 0 Å². The molecule has 1 N–H and O–H groups in total. The van der Waals surface area contributed by atoms with Crippen LogP contribution in [0.2, 0.25) is 0 Å². The first-order valence-electron chi connectivity index (χ1n) is 9.91. The molecule has 7 nitrogen and oxygen atoms in total. The Hall–Kier alpha value is -2.70. The molecule has 2 aromatic heterocycles. The molecule has 1 aliphatic rings. The van der Waals surface area contributed by atoms with Crippen LogP contribution in [-0.2, 0) is 4.79 Å². The number of carbonyl (C=O) groups excluding carboxylic acids is 2. The molecule has 28 heavy (non-hydrogen) atoms. The average molecular weight is 383 g/mol. The van der Waals surface area contributed by atoms with Gasteiger partial charge in [0.1, 0.15) is 17.8 Å². The van der Waals surface area contributed by atoms with Crippen LogP contribution in [0.3, 0.4) is 0 Å². The molecule has 1 aliphatic heterocycles. The van der Waals surface area contributed by atoms with E-state index in [0.29, 0.717) is 41.4 Å². The van der Waals surface area contributed by atoms with Crippen LogP contribution < -0.4 is 5.32 Å². The number of piperidine rings is 1. The maximum Gasteiger partial charge on any atom is 0.274 e. The zero-order valence-corrected chi connectivity index (χ0v) is 17.1. The number of nitrogens with one attached hydrogen (secondary N) is 1. The van der Waals surface area contributed by atoms with E-state index >= 15 is 0 Å². The van der Waals surface area contributed by atoms with Crippen LogP contribution in [-0.4, -0.2) is 44.3 Å². The minimum Gasteiger partial charge on any atom is -0.337 e. The molecule has 2 aromatic rings. The van der Waals surface area contributed by atoms with Gasteiger partial charge >= 0.3 is 0 Å². The smallest absolute Gasteiger partial charge is 0.274 e. The number of hydrogen-bond acceptors (Lipinski definition) is 4. The van der Waals surface area contributed by atoms with Gasteiger partial charge in [-0.3, -0.25) is 14.2 Å². The van der Waals surface area contributed by atoms with Crippen molar-refractivity contribution in [3.05, 3.63) is 36.5 Å². The first kappa shape index (κ1) is 20.0. The first-order valence-corrected chi connectivity index (χ1v) is 9.91. The Balaban J connectivity index is 1.66. The first-order chi connectivity index (χ1) is 13.3. The van der Waals surface area contributed by atoms with Crippen molar-refractivity contribution in [3.8, 4) is 5.82 Å². The Morgan fingerprint density at radius 3 is 2.50 bits per heavy atom. The molecule has 1 fully saturated rings. The highest BCUT2D eigenvalue weighted by atomic mass is 16.2. The maximum atomic E-state index is 12.8. The third-order valence-corrected chi connectivity index (χ3v) is 4.85. The minimum absolute atomic E-state index is 0.0231. The number of nitrogens with zero attached hydrogens (tertiary/aromatic N) is 4. The van der Waals surface area contributed by atoms with Crippen molar-refractivity contribution in [2.75, 3.05) is 18.4 Å². The van der Waals surface area contributed by atoms with Crippen LogP contribution in [0.15, 0.2) is 30.9 Å². The second-order valence-corrected chi connectivity index (χ2v) is 8.37. The second kappa shape index (κ2) is 8.54. The molecule has 0 aromatic carbocycles. The van der Waals surface area contributed by atoms with Crippen molar-refractivity contribution in [2.45, 2.75) is 40.5 Å². The summed E-state index contributed by atoms with van der Waals surface area (Å²) in [6.45, 7) is 9.92. The van der Waals surface area contributed by atoms with Crippen LogP contribution in [0.5, 0.6) is 0 Å². The van der Waals surface area contributed by atoms with Gasteiger partial charge in [-0.2, -0.15) is 0 Å². The van der Waals surface area contributed by atoms with Crippen LogP contribution in [0.4, 0.5) is 5.69 Å². The van der Waals surface area contributed by atoms with Gasteiger partial charge in [0.15, 0.2) is 0 Å². The summed E-state index contributed by atoms with van der Waals surface area (Å²) in [6, 6.07) is 3.60. The number of anilines is 1. The Morgan fingerprint density at radius 1 is 1.18 bits per heavy atom. The van der Waals surface area contributed by atoms with Crippen molar-refractivity contribution in [2.24, 2.45) is 17.8 Å².